The number of nitrogens with zero attached hydrogens (tertiary/aromatic N) is 5. The smallest absolute Gasteiger partial charge is 0.255 e. The molecule has 0 bridgehead atoms. The first-order valence-corrected chi connectivity index (χ1v) is 10.6. The molecule has 2 aromatic carbocycles. The zero-order valence-electron chi connectivity index (χ0n) is 17.8. The molecule has 0 fully saturated rings. The highest BCUT2D eigenvalue weighted by Crippen LogP contribution is 2.24. The molecule has 2 heterocycles. The van der Waals surface area contributed by atoms with Gasteiger partial charge in [0, 0.05) is 31.3 Å². The molecule has 0 atom stereocenters. The molecular formula is C24H26N6O. The molecule has 31 heavy (non-hydrogen) atoms. The van der Waals surface area contributed by atoms with Gasteiger partial charge in [0.25, 0.3) is 5.91 Å². The predicted octanol–water partition coefficient (Wildman–Crippen LogP) is 3.69. The lowest BCUT2D eigenvalue weighted by molar-refractivity contribution is 0.0954. The maximum absolute atomic E-state index is 13.1. The standard InChI is InChI=1S/C24H26N6O/c1-3-18-10-12-19(13-11-18)23-21(16-30(28-23)20-8-6-5-7-9-20)24(31)25-15-14-22-27-26-17-29(22)4-2/h5-13,16-17H,3-4,14-15H2,1-2H3,(H,25,31). The molecule has 0 radical (unpaired) electrons. The van der Waals surface area contributed by atoms with E-state index in [0.717, 1.165) is 30.0 Å². The lowest BCUT2D eigenvalue weighted by Gasteiger charge is -2.06. The number of aromatic nitrogens is 5. The number of carbonyl (C=O) groups excluding carboxylic acids is 1. The van der Waals surface area contributed by atoms with Crippen molar-refractivity contribution in [1.29, 1.82) is 0 Å². The summed E-state index contributed by atoms with van der Waals surface area (Å²) in [7, 11) is 0. The van der Waals surface area contributed by atoms with Crippen LogP contribution in [0.25, 0.3) is 16.9 Å². The van der Waals surface area contributed by atoms with E-state index in [9.17, 15) is 4.79 Å². The fourth-order valence-electron chi connectivity index (χ4n) is 3.48. The van der Waals surface area contributed by atoms with Crippen LogP contribution in [-0.4, -0.2) is 37.0 Å². The van der Waals surface area contributed by atoms with Crippen molar-refractivity contribution >= 4 is 5.91 Å². The lowest BCUT2D eigenvalue weighted by atomic mass is 10.0. The normalized spacial score (nSPS) is 10.9. The number of hydrogen-bond donors (Lipinski definition) is 1. The third-order valence-electron chi connectivity index (χ3n) is 5.29. The third-order valence-corrected chi connectivity index (χ3v) is 5.29. The topological polar surface area (TPSA) is 77.6 Å². The molecule has 158 valence electrons. The minimum absolute atomic E-state index is 0.153. The van der Waals surface area contributed by atoms with E-state index in [1.165, 1.54) is 5.56 Å². The summed E-state index contributed by atoms with van der Waals surface area (Å²) in [4.78, 5) is 13.1. The molecule has 0 unspecified atom stereocenters. The van der Waals surface area contributed by atoms with E-state index in [0.29, 0.717) is 24.2 Å². The van der Waals surface area contributed by atoms with Crippen LogP contribution in [0.3, 0.4) is 0 Å². The van der Waals surface area contributed by atoms with Crippen molar-refractivity contribution < 1.29 is 4.79 Å². The number of amides is 1. The minimum Gasteiger partial charge on any atom is -0.351 e. The Hall–Kier alpha value is -3.74. The largest absolute Gasteiger partial charge is 0.351 e. The Labute approximate surface area is 181 Å². The molecule has 0 saturated heterocycles. The number of hydrogen-bond acceptors (Lipinski definition) is 4. The van der Waals surface area contributed by atoms with Gasteiger partial charge >= 0.3 is 0 Å². The molecule has 0 aliphatic heterocycles. The van der Waals surface area contributed by atoms with Gasteiger partial charge in [-0.1, -0.05) is 49.4 Å². The van der Waals surface area contributed by atoms with E-state index >= 15 is 0 Å². The third kappa shape index (κ3) is 4.55. The fourth-order valence-corrected chi connectivity index (χ4v) is 3.48. The summed E-state index contributed by atoms with van der Waals surface area (Å²) in [6.07, 6.45) is 5.09. The number of benzene rings is 2. The van der Waals surface area contributed by atoms with Gasteiger partial charge in [0.05, 0.1) is 11.3 Å². The molecule has 0 aliphatic carbocycles. The maximum Gasteiger partial charge on any atom is 0.255 e. The second-order valence-corrected chi connectivity index (χ2v) is 7.26. The van der Waals surface area contributed by atoms with Crippen molar-refractivity contribution in [2.45, 2.75) is 33.2 Å². The van der Waals surface area contributed by atoms with Crippen LogP contribution < -0.4 is 5.32 Å². The van der Waals surface area contributed by atoms with Crippen LogP contribution in [0, 0.1) is 0 Å². The first-order valence-electron chi connectivity index (χ1n) is 10.6. The van der Waals surface area contributed by atoms with Crippen LogP contribution in [0.2, 0.25) is 0 Å². The van der Waals surface area contributed by atoms with Gasteiger partial charge in [0.15, 0.2) is 0 Å². The van der Waals surface area contributed by atoms with Crippen molar-refractivity contribution in [3.8, 4) is 16.9 Å². The van der Waals surface area contributed by atoms with Gasteiger partial charge < -0.3 is 9.88 Å². The van der Waals surface area contributed by atoms with Crippen molar-refractivity contribution in [1.82, 2.24) is 29.9 Å². The minimum atomic E-state index is -0.153. The summed E-state index contributed by atoms with van der Waals surface area (Å²) < 4.78 is 3.73. The zero-order valence-corrected chi connectivity index (χ0v) is 17.8. The second kappa shape index (κ2) is 9.38. The SMILES string of the molecule is CCc1ccc(-c2nn(-c3ccccc3)cc2C(=O)NCCc2nncn2CC)cc1. The van der Waals surface area contributed by atoms with Crippen LogP contribution in [-0.2, 0) is 19.4 Å². The lowest BCUT2D eigenvalue weighted by Crippen LogP contribution is -2.26. The molecule has 7 nitrogen and oxygen atoms in total. The Bertz CT molecular complexity index is 1140. The number of rotatable bonds is 8. The van der Waals surface area contributed by atoms with E-state index in [-0.39, 0.29) is 5.91 Å². The molecular weight excluding hydrogens is 388 g/mol. The fraction of sp³-hybridized carbons (Fsp3) is 0.250. The number of para-hydroxylation sites is 1. The molecule has 1 N–H and O–H groups in total. The van der Waals surface area contributed by atoms with E-state index in [4.69, 9.17) is 5.10 Å². The Morgan fingerprint density at radius 2 is 1.81 bits per heavy atom. The van der Waals surface area contributed by atoms with Gasteiger partial charge in [-0.05, 0) is 31.0 Å². The van der Waals surface area contributed by atoms with Gasteiger partial charge in [0.1, 0.15) is 17.8 Å². The quantitative estimate of drug-likeness (QED) is 0.477. The van der Waals surface area contributed by atoms with Gasteiger partial charge in [-0.15, -0.1) is 10.2 Å². The predicted molar refractivity (Wildman–Crippen MR) is 120 cm³/mol. The summed E-state index contributed by atoms with van der Waals surface area (Å²) in [5.74, 6) is 0.706. The molecule has 0 aliphatic rings. The summed E-state index contributed by atoms with van der Waals surface area (Å²) in [5.41, 5.74) is 4.29. The number of carbonyl (C=O) groups is 1. The first-order chi connectivity index (χ1) is 15.2. The number of nitrogens with one attached hydrogen (secondary N) is 1. The Morgan fingerprint density at radius 1 is 1.03 bits per heavy atom. The molecule has 1 amide bonds. The second-order valence-electron chi connectivity index (χ2n) is 7.26. The van der Waals surface area contributed by atoms with E-state index in [2.05, 4.69) is 34.6 Å². The van der Waals surface area contributed by atoms with Gasteiger partial charge in [0.2, 0.25) is 0 Å². The number of aryl methyl sites for hydroxylation is 2. The summed E-state index contributed by atoms with van der Waals surface area (Å²) in [6, 6.07) is 18.0. The first kappa shape index (κ1) is 20.5. The van der Waals surface area contributed by atoms with Crippen LogP contribution in [0.4, 0.5) is 0 Å². The average Bonchev–Trinajstić information content (AvgIpc) is 3.47. The highest BCUT2D eigenvalue weighted by atomic mass is 16.1. The van der Waals surface area contributed by atoms with Gasteiger partial charge in [-0.25, -0.2) is 4.68 Å². The van der Waals surface area contributed by atoms with E-state index in [1.54, 1.807) is 17.2 Å². The van der Waals surface area contributed by atoms with Crippen LogP contribution in [0.15, 0.2) is 67.1 Å². The summed E-state index contributed by atoms with van der Waals surface area (Å²) in [5, 5.41) is 15.8. The van der Waals surface area contributed by atoms with Crippen LogP contribution >= 0.6 is 0 Å². The molecule has 4 aromatic rings. The monoisotopic (exact) mass is 414 g/mol. The van der Waals surface area contributed by atoms with Crippen molar-refractivity contribution in [2.24, 2.45) is 0 Å². The average molecular weight is 415 g/mol. The molecule has 7 heteroatoms. The van der Waals surface area contributed by atoms with Gasteiger partial charge in [-0.2, -0.15) is 5.10 Å². The van der Waals surface area contributed by atoms with Crippen LogP contribution in [0.1, 0.15) is 35.6 Å². The van der Waals surface area contributed by atoms with Gasteiger partial charge in [-0.3, -0.25) is 4.79 Å². The molecule has 2 aromatic heterocycles. The summed E-state index contributed by atoms with van der Waals surface area (Å²) >= 11 is 0. The Morgan fingerprint density at radius 3 is 2.52 bits per heavy atom. The highest BCUT2D eigenvalue weighted by Gasteiger charge is 2.19. The van der Waals surface area contributed by atoms with Crippen molar-refractivity contribution in [2.75, 3.05) is 6.54 Å². The van der Waals surface area contributed by atoms with Crippen molar-refractivity contribution in [3.63, 3.8) is 0 Å². The molecule has 4 rings (SSSR count). The highest BCUT2D eigenvalue weighted by molar-refractivity contribution is 5.99. The van der Waals surface area contributed by atoms with E-state index < -0.39 is 0 Å². The van der Waals surface area contributed by atoms with Crippen LogP contribution in [0.5, 0.6) is 0 Å². The Balaban J connectivity index is 1.59. The molecule has 0 saturated carbocycles. The maximum atomic E-state index is 13.1. The van der Waals surface area contributed by atoms with Crippen molar-refractivity contribution in [3.05, 3.63) is 84.1 Å². The zero-order chi connectivity index (χ0) is 21.6. The van der Waals surface area contributed by atoms with E-state index in [1.807, 2.05) is 54.0 Å². The molecule has 0 spiro atoms. The summed E-state index contributed by atoms with van der Waals surface area (Å²) in [6.45, 7) is 5.44. The Kier molecular flexibility index (Phi) is 6.21.